The van der Waals surface area contributed by atoms with Crippen molar-refractivity contribution in [2.24, 2.45) is 5.73 Å². The Morgan fingerprint density at radius 1 is 1.29 bits per heavy atom. The van der Waals surface area contributed by atoms with Crippen molar-refractivity contribution in [2.75, 3.05) is 0 Å². The standard InChI is InChI=1S/C19H12FN5O3/c20-12-6-4-10(5-7-12)15-14(9-21)18(22)28-19-16(15)17(23-24-19)11-2-1-3-13(8-11)25(26)27/h1-8,15H,22H2,(H,23,24)/t15-/m0/s1. The molecule has 1 aliphatic heterocycles. The van der Waals surface area contributed by atoms with Crippen LogP contribution in [0.5, 0.6) is 5.88 Å². The van der Waals surface area contributed by atoms with Gasteiger partial charge in [0.15, 0.2) is 0 Å². The summed E-state index contributed by atoms with van der Waals surface area (Å²) in [6.07, 6.45) is 0. The zero-order valence-corrected chi connectivity index (χ0v) is 14.2. The second kappa shape index (κ2) is 6.51. The minimum absolute atomic E-state index is 0.0912. The van der Waals surface area contributed by atoms with E-state index in [9.17, 15) is 19.8 Å². The number of H-pyrrole nitrogens is 1. The average molecular weight is 377 g/mol. The van der Waals surface area contributed by atoms with Crippen LogP contribution in [0.15, 0.2) is 60.0 Å². The summed E-state index contributed by atoms with van der Waals surface area (Å²) in [5.74, 6) is -1.02. The van der Waals surface area contributed by atoms with E-state index >= 15 is 0 Å². The quantitative estimate of drug-likeness (QED) is 0.532. The van der Waals surface area contributed by atoms with E-state index in [1.54, 1.807) is 24.3 Å². The number of halogens is 1. The van der Waals surface area contributed by atoms with E-state index in [0.717, 1.165) is 0 Å². The van der Waals surface area contributed by atoms with Crippen molar-refractivity contribution in [1.82, 2.24) is 10.2 Å². The number of nitro groups is 1. The van der Waals surface area contributed by atoms with Crippen LogP contribution in [0, 0.1) is 27.3 Å². The molecule has 0 aliphatic carbocycles. The summed E-state index contributed by atoms with van der Waals surface area (Å²) in [5, 5.41) is 27.7. The van der Waals surface area contributed by atoms with Gasteiger partial charge in [0.2, 0.25) is 11.8 Å². The highest BCUT2D eigenvalue weighted by Crippen LogP contribution is 2.45. The minimum Gasteiger partial charge on any atom is -0.420 e. The van der Waals surface area contributed by atoms with Gasteiger partial charge in [-0.2, -0.15) is 5.26 Å². The first-order valence-electron chi connectivity index (χ1n) is 8.15. The number of aromatic amines is 1. The molecule has 0 amide bonds. The number of nitrogens with two attached hydrogens (primary N) is 1. The van der Waals surface area contributed by atoms with E-state index in [1.165, 1.54) is 24.3 Å². The Balaban J connectivity index is 1.93. The SMILES string of the molecule is N#CC1=C(N)Oc2n[nH]c(-c3cccc([N+](=O)[O-])c3)c2[C@H]1c1ccc(F)cc1. The van der Waals surface area contributed by atoms with Gasteiger partial charge >= 0.3 is 0 Å². The van der Waals surface area contributed by atoms with E-state index in [2.05, 4.69) is 10.2 Å². The van der Waals surface area contributed by atoms with Crippen LogP contribution < -0.4 is 10.5 Å². The largest absolute Gasteiger partial charge is 0.420 e. The molecule has 1 atom stereocenters. The number of hydrogen-bond donors (Lipinski definition) is 2. The number of benzene rings is 2. The lowest BCUT2D eigenvalue weighted by Gasteiger charge is -2.24. The average Bonchev–Trinajstić information content (AvgIpc) is 3.11. The van der Waals surface area contributed by atoms with Gasteiger partial charge < -0.3 is 10.5 Å². The maximum atomic E-state index is 13.4. The van der Waals surface area contributed by atoms with Gasteiger partial charge in [-0.3, -0.25) is 15.2 Å². The third kappa shape index (κ3) is 2.73. The van der Waals surface area contributed by atoms with Crippen molar-refractivity contribution in [3.63, 3.8) is 0 Å². The number of fused-ring (bicyclic) bond motifs is 1. The Hall–Kier alpha value is -4.19. The molecule has 3 aromatic rings. The Bertz CT molecular complexity index is 1160. The van der Waals surface area contributed by atoms with Crippen molar-refractivity contribution < 1.29 is 14.1 Å². The van der Waals surface area contributed by atoms with Gasteiger partial charge in [0.25, 0.3) is 5.69 Å². The normalized spacial score (nSPS) is 15.5. The fourth-order valence-corrected chi connectivity index (χ4v) is 3.23. The third-order valence-corrected chi connectivity index (χ3v) is 4.49. The van der Waals surface area contributed by atoms with Gasteiger partial charge in [0, 0.05) is 17.7 Å². The van der Waals surface area contributed by atoms with Gasteiger partial charge in [0.1, 0.15) is 17.5 Å². The number of hydrogen-bond acceptors (Lipinski definition) is 6. The van der Waals surface area contributed by atoms with Gasteiger partial charge in [-0.25, -0.2) is 4.39 Å². The second-order valence-electron chi connectivity index (χ2n) is 6.10. The number of nitrogens with zero attached hydrogens (tertiary/aromatic N) is 3. The van der Waals surface area contributed by atoms with E-state index < -0.39 is 16.7 Å². The maximum absolute atomic E-state index is 13.4. The fourth-order valence-electron chi connectivity index (χ4n) is 3.23. The second-order valence-corrected chi connectivity index (χ2v) is 6.10. The molecular formula is C19H12FN5O3. The molecule has 4 rings (SSSR count). The summed E-state index contributed by atoms with van der Waals surface area (Å²) in [6, 6.07) is 13.7. The molecular weight excluding hydrogens is 365 g/mol. The van der Waals surface area contributed by atoms with Crippen LogP contribution in [-0.4, -0.2) is 15.1 Å². The monoisotopic (exact) mass is 377 g/mol. The highest BCUT2D eigenvalue weighted by Gasteiger charge is 2.35. The number of ether oxygens (including phenoxy) is 1. The summed E-state index contributed by atoms with van der Waals surface area (Å²) >= 11 is 0. The number of nitriles is 1. The van der Waals surface area contributed by atoms with Crippen molar-refractivity contribution in [1.29, 1.82) is 5.26 Å². The Morgan fingerprint density at radius 3 is 2.71 bits per heavy atom. The lowest BCUT2D eigenvalue weighted by Crippen LogP contribution is -2.21. The number of aromatic nitrogens is 2. The molecule has 2 heterocycles. The van der Waals surface area contributed by atoms with Crippen molar-refractivity contribution in [3.05, 3.63) is 87.0 Å². The smallest absolute Gasteiger partial charge is 0.270 e. The molecule has 3 N–H and O–H groups in total. The number of nitrogens with one attached hydrogen (secondary N) is 1. The highest BCUT2D eigenvalue weighted by atomic mass is 19.1. The molecule has 2 aromatic carbocycles. The van der Waals surface area contributed by atoms with E-state index in [-0.39, 0.29) is 23.0 Å². The molecule has 0 spiro atoms. The van der Waals surface area contributed by atoms with Gasteiger partial charge in [-0.05, 0) is 17.7 Å². The summed E-state index contributed by atoms with van der Waals surface area (Å²) < 4.78 is 18.9. The lowest BCUT2D eigenvalue weighted by molar-refractivity contribution is -0.384. The maximum Gasteiger partial charge on any atom is 0.270 e. The Kier molecular flexibility index (Phi) is 4.01. The zero-order valence-electron chi connectivity index (χ0n) is 14.2. The Morgan fingerprint density at radius 2 is 2.04 bits per heavy atom. The molecule has 138 valence electrons. The third-order valence-electron chi connectivity index (χ3n) is 4.49. The molecule has 28 heavy (non-hydrogen) atoms. The molecule has 1 aromatic heterocycles. The zero-order chi connectivity index (χ0) is 19.8. The summed E-state index contributed by atoms with van der Waals surface area (Å²) in [5.41, 5.74) is 8.00. The van der Waals surface area contributed by atoms with Crippen LogP contribution in [-0.2, 0) is 0 Å². The first-order chi connectivity index (χ1) is 13.5. The number of nitro benzene ring substituents is 1. The van der Waals surface area contributed by atoms with Crippen LogP contribution in [0.3, 0.4) is 0 Å². The van der Waals surface area contributed by atoms with E-state index in [1.807, 2.05) is 6.07 Å². The molecule has 0 saturated carbocycles. The molecule has 1 aliphatic rings. The number of non-ortho nitro benzene ring substituents is 1. The van der Waals surface area contributed by atoms with Crippen molar-refractivity contribution >= 4 is 5.69 Å². The molecule has 0 bridgehead atoms. The van der Waals surface area contributed by atoms with E-state index in [0.29, 0.717) is 22.4 Å². The molecule has 0 unspecified atom stereocenters. The number of allylic oxidation sites excluding steroid dienone is 1. The van der Waals surface area contributed by atoms with Gasteiger partial charge in [0.05, 0.1) is 22.1 Å². The molecule has 8 nitrogen and oxygen atoms in total. The van der Waals surface area contributed by atoms with E-state index in [4.69, 9.17) is 10.5 Å². The molecule has 0 fully saturated rings. The van der Waals surface area contributed by atoms with Crippen LogP contribution in [0.2, 0.25) is 0 Å². The van der Waals surface area contributed by atoms with Crippen LogP contribution in [0.1, 0.15) is 17.0 Å². The van der Waals surface area contributed by atoms with Gasteiger partial charge in [-0.15, -0.1) is 5.10 Å². The van der Waals surface area contributed by atoms with Crippen LogP contribution >= 0.6 is 0 Å². The fraction of sp³-hybridized carbons (Fsp3) is 0.0526. The van der Waals surface area contributed by atoms with Crippen LogP contribution in [0.4, 0.5) is 10.1 Å². The predicted octanol–water partition coefficient (Wildman–Crippen LogP) is 3.34. The molecule has 0 radical (unpaired) electrons. The van der Waals surface area contributed by atoms with Crippen molar-refractivity contribution in [2.45, 2.75) is 5.92 Å². The highest BCUT2D eigenvalue weighted by molar-refractivity contribution is 5.72. The van der Waals surface area contributed by atoms with Gasteiger partial charge in [-0.1, -0.05) is 24.3 Å². The number of rotatable bonds is 3. The van der Waals surface area contributed by atoms with Crippen LogP contribution in [0.25, 0.3) is 11.3 Å². The molecule has 0 saturated heterocycles. The molecule has 9 heteroatoms. The minimum atomic E-state index is -0.664. The topological polar surface area (TPSA) is 131 Å². The summed E-state index contributed by atoms with van der Waals surface area (Å²) in [4.78, 5) is 10.6. The van der Waals surface area contributed by atoms with Crippen molar-refractivity contribution in [3.8, 4) is 23.2 Å². The Labute approximate surface area is 157 Å². The summed E-state index contributed by atoms with van der Waals surface area (Å²) in [6.45, 7) is 0. The predicted molar refractivity (Wildman–Crippen MR) is 96.4 cm³/mol. The summed E-state index contributed by atoms with van der Waals surface area (Å²) in [7, 11) is 0. The first kappa shape index (κ1) is 17.2. The lowest BCUT2D eigenvalue weighted by atomic mass is 9.83. The first-order valence-corrected chi connectivity index (χ1v) is 8.15.